The molecule has 0 aromatic heterocycles. The van der Waals surface area contributed by atoms with Crippen LogP contribution in [0.1, 0.15) is 31.9 Å². The molecule has 20 heavy (non-hydrogen) atoms. The molecule has 1 atom stereocenters. The average Bonchev–Trinajstić information content (AvgIpc) is 2.43. The molecular formula is C15H26N2O3. The zero-order chi connectivity index (χ0) is 14.8. The Morgan fingerprint density at radius 2 is 1.90 bits per heavy atom. The van der Waals surface area contributed by atoms with Crippen molar-refractivity contribution in [2.75, 3.05) is 26.9 Å². The molecule has 0 spiro atoms. The topological polar surface area (TPSA) is 65.7 Å². The van der Waals surface area contributed by atoms with Crippen LogP contribution in [-0.2, 0) is 9.47 Å². The Hall–Kier alpha value is -1.14. The lowest BCUT2D eigenvalue weighted by molar-refractivity contribution is 0.0656. The Bertz CT molecular complexity index is 372. The van der Waals surface area contributed by atoms with Crippen molar-refractivity contribution in [1.82, 2.24) is 5.43 Å². The van der Waals surface area contributed by atoms with E-state index in [4.69, 9.17) is 20.1 Å². The molecule has 0 bridgehead atoms. The van der Waals surface area contributed by atoms with E-state index in [-0.39, 0.29) is 12.1 Å². The van der Waals surface area contributed by atoms with E-state index in [0.29, 0.717) is 19.8 Å². The highest BCUT2D eigenvalue weighted by molar-refractivity contribution is 5.36. The number of hydrogen-bond acceptors (Lipinski definition) is 5. The molecule has 0 radical (unpaired) electrons. The minimum Gasteiger partial charge on any atom is -0.491 e. The summed E-state index contributed by atoms with van der Waals surface area (Å²) in [5.41, 5.74) is 3.89. The van der Waals surface area contributed by atoms with E-state index in [0.717, 1.165) is 17.7 Å². The smallest absolute Gasteiger partial charge is 0.124 e. The summed E-state index contributed by atoms with van der Waals surface area (Å²) in [6.45, 7) is 5.84. The Morgan fingerprint density at radius 1 is 1.15 bits per heavy atom. The van der Waals surface area contributed by atoms with Gasteiger partial charge in [0, 0.05) is 19.3 Å². The van der Waals surface area contributed by atoms with Gasteiger partial charge in [-0.3, -0.25) is 11.3 Å². The molecule has 1 rings (SSSR count). The van der Waals surface area contributed by atoms with Crippen molar-refractivity contribution < 1.29 is 14.2 Å². The van der Waals surface area contributed by atoms with Crippen molar-refractivity contribution in [3.63, 3.8) is 0 Å². The fourth-order valence-corrected chi connectivity index (χ4v) is 1.90. The molecular weight excluding hydrogens is 256 g/mol. The SMILES string of the molecule is COCCOCCC(NN)c1ccccc1OC(C)C. The van der Waals surface area contributed by atoms with Gasteiger partial charge in [0.2, 0.25) is 0 Å². The van der Waals surface area contributed by atoms with E-state index in [1.807, 2.05) is 38.1 Å². The monoisotopic (exact) mass is 282 g/mol. The number of benzene rings is 1. The van der Waals surface area contributed by atoms with Crippen molar-refractivity contribution >= 4 is 0 Å². The molecule has 1 aromatic carbocycles. The molecule has 0 aliphatic heterocycles. The summed E-state index contributed by atoms with van der Waals surface area (Å²) in [6.07, 6.45) is 0.908. The summed E-state index contributed by atoms with van der Waals surface area (Å²) in [5, 5.41) is 0. The van der Waals surface area contributed by atoms with Crippen LogP contribution < -0.4 is 16.0 Å². The van der Waals surface area contributed by atoms with Crippen molar-refractivity contribution in [3.05, 3.63) is 29.8 Å². The number of nitrogens with two attached hydrogens (primary N) is 1. The molecule has 0 amide bonds. The van der Waals surface area contributed by atoms with Crippen LogP contribution >= 0.6 is 0 Å². The van der Waals surface area contributed by atoms with Crippen molar-refractivity contribution in [3.8, 4) is 5.75 Å². The normalized spacial score (nSPS) is 12.7. The largest absolute Gasteiger partial charge is 0.491 e. The first-order valence-electron chi connectivity index (χ1n) is 6.97. The van der Waals surface area contributed by atoms with Crippen molar-refractivity contribution in [1.29, 1.82) is 0 Å². The van der Waals surface area contributed by atoms with Gasteiger partial charge in [-0.05, 0) is 26.3 Å². The maximum atomic E-state index is 5.82. The predicted molar refractivity (Wildman–Crippen MR) is 79.6 cm³/mol. The quantitative estimate of drug-likeness (QED) is 0.390. The van der Waals surface area contributed by atoms with Gasteiger partial charge in [-0.2, -0.15) is 0 Å². The Balaban J connectivity index is 2.59. The van der Waals surface area contributed by atoms with Gasteiger partial charge in [0.1, 0.15) is 5.75 Å². The number of methoxy groups -OCH3 is 1. The molecule has 5 nitrogen and oxygen atoms in total. The van der Waals surface area contributed by atoms with Gasteiger partial charge in [-0.15, -0.1) is 0 Å². The van der Waals surface area contributed by atoms with Gasteiger partial charge in [0.15, 0.2) is 0 Å². The number of hydrazine groups is 1. The maximum absolute atomic E-state index is 5.82. The van der Waals surface area contributed by atoms with Crippen molar-refractivity contribution in [2.24, 2.45) is 5.84 Å². The van der Waals surface area contributed by atoms with Crippen LogP contribution in [0.5, 0.6) is 5.75 Å². The first-order valence-corrected chi connectivity index (χ1v) is 6.97. The molecule has 0 heterocycles. The van der Waals surface area contributed by atoms with Gasteiger partial charge in [-0.1, -0.05) is 18.2 Å². The zero-order valence-electron chi connectivity index (χ0n) is 12.6. The molecule has 0 aliphatic carbocycles. The third-order valence-corrected chi connectivity index (χ3v) is 2.84. The summed E-state index contributed by atoms with van der Waals surface area (Å²) in [6, 6.07) is 7.94. The molecule has 1 unspecified atom stereocenters. The highest BCUT2D eigenvalue weighted by Gasteiger charge is 2.15. The Morgan fingerprint density at radius 3 is 2.55 bits per heavy atom. The van der Waals surface area contributed by atoms with Crippen LogP contribution in [0.3, 0.4) is 0 Å². The molecule has 0 saturated carbocycles. The van der Waals surface area contributed by atoms with Crippen LogP contribution in [0.25, 0.3) is 0 Å². The highest BCUT2D eigenvalue weighted by Crippen LogP contribution is 2.27. The van der Waals surface area contributed by atoms with Crippen molar-refractivity contribution in [2.45, 2.75) is 32.4 Å². The van der Waals surface area contributed by atoms with E-state index in [1.54, 1.807) is 7.11 Å². The lowest BCUT2D eigenvalue weighted by Gasteiger charge is -2.21. The molecule has 1 aromatic rings. The molecule has 3 N–H and O–H groups in total. The van der Waals surface area contributed by atoms with E-state index >= 15 is 0 Å². The molecule has 5 heteroatoms. The van der Waals surface area contributed by atoms with E-state index in [2.05, 4.69) is 5.43 Å². The standard InChI is InChI=1S/C15H26N2O3/c1-12(2)20-15-7-5-4-6-13(15)14(17-16)8-9-19-11-10-18-3/h4-7,12,14,17H,8-11,16H2,1-3H3. The van der Waals surface area contributed by atoms with E-state index in [1.165, 1.54) is 0 Å². The third kappa shape index (κ3) is 5.88. The van der Waals surface area contributed by atoms with Crippen LogP contribution in [0, 0.1) is 0 Å². The van der Waals surface area contributed by atoms with Crippen LogP contribution in [0.15, 0.2) is 24.3 Å². The highest BCUT2D eigenvalue weighted by atomic mass is 16.5. The second kappa shape index (κ2) is 9.72. The average molecular weight is 282 g/mol. The first kappa shape index (κ1) is 16.9. The number of para-hydroxylation sites is 1. The minimum atomic E-state index is 0.00694. The lowest BCUT2D eigenvalue weighted by atomic mass is 10.0. The van der Waals surface area contributed by atoms with Crippen LogP contribution in [0.2, 0.25) is 0 Å². The third-order valence-electron chi connectivity index (χ3n) is 2.84. The van der Waals surface area contributed by atoms with Crippen LogP contribution in [0.4, 0.5) is 0 Å². The summed E-state index contributed by atoms with van der Waals surface area (Å²) in [5.74, 6) is 6.52. The fraction of sp³-hybridized carbons (Fsp3) is 0.600. The summed E-state index contributed by atoms with van der Waals surface area (Å²) in [4.78, 5) is 0. The zero-order valence-corrected chi connectivity index (χ0v) is 12.6. The fourth-order valence-electron chi connectivity index (χ4n) is 1.90. The minimum absolute atomic E-state index is 0.00694. The first-order chi connectivity index (χ1) is 9.69. The van der Waals surface area contributed by atoms with Gasteiger partial charge in [-0.25, -0.2) is 0 Å². The molecule has 0 aliphatic rings. The summed E-state index contributed by atoms with van der Waals surface area (Å²) >= 11 is 0. The van der Waals surface area contributed by atoms with Gasteiger partial charge in [0.05, 0.1) is 25.4 Å². The molecule has 0 saturated heterocycles. The van der Waals surface area contributed by atoms with E-state index < -0.39 is 0 Å². The number of hydrogen-bond donors (Lipinski definition) is 2. The molecule has 0 fully saturated rings. The maximum Gasteiger partial charge on any atom is 0.124 e. The number of nitrogens with one attached hydrogen (secondary N) is 1. The Kier molecular flexibility index (Phi) is 8.22. The molecule has 114 valence electrons. The summed E-state index contributed by atoms with van der Waals surface area (Å²) in [7, 11) is 1.66. The second-order valence-electron chi connectivity index (χ2n) is 4.82. The van der Waals surface area contributed by atoms with Crippen LogP contribution in [-0.4, -0.2) is 33.0 Å². The van der Waals surface area contributed by atoms with E-state index in [9.17, 15) is 0 Å². The predicted octanol–water partition coefficient (Wildman–Crippen LogP) is 2.03. The van der Waals surface area contributed by atoms with Gasteiger partial charge < -0.3 is 14.2 Å². The lowest BCUT2D eigenvalue weighted by Crippen LogP contribution is -2.29. The number of ether oxygens (including phenoxy) is 3. The Labute approximate surface area is 121 Å². The van der Waals surface area contributed by atoms with Gasteiger partial charge in [0.25, 0.3) is 0 Å². The van der Waals surface area contributed by atoms with Gasteiger partial charge >= 0.3 is 0 Å². The summed E-state index contributed by atoms with van der Waals surface area (Å²) < 4.78 is 16.2. The number of rotatable bonds is 10. The second-order valence-corrected chi connectivity index (χ2v) is 4.82.